The first-order valence-electron chi connectivity index (χ1n) is 5.50. The maximum atomic E-state index is 11.5. The summed E-state index contributed by atoms with van der Waals surface area (Å²) in [6.07, 6.45) is 3.93. The Balaban J connectivity index is 2.53. The van der Waals surface area contributed by atoms with Gasteiger partial charge in [0, 0.05) is 10.5 Å². The Bertz CT molecular complexity index is 383. The Morgan fingerprint density at radius 2 is 2.12 bits per heavy atom. The first-order valence-corrected chi connectivity index (χ1v) is 6.30. The van der Waals surface area contributed by atoms with Gasteiger partial charge >= 0.3 is 0 Å². The van der Waals surface area contributed by atoms with Crippen LogP contribution >= 0.6 is 15.9 Å². The normalized spacial score (nSPS) is 12.6. The summed E-state index contributed by atoms with van der Waals surface area (Å²) in [6.45, 7) is 1.88. The number of amides is 1. The molecule has 1 aromatic rings. The van der Waals surface area contributed by atoms with Crippen molar-refractivity contribution in [1.82, 2.24) is 5.32 Å². The van der Waals surface area contributed by atoms with Crippen LogP contribution in [0, 0.1) is 0 Å². The first-order chi connectivity index (χ1) is 8.15. The molecule has 0 saturated carbocycles. The molecule has 0 fully saturated rings. The van der Waals surface area contributed by atoms with Crippen LogP contribution in [-0.2, 0) is 4.79 Å². The monoisotopic (exact) mass is 297 g/mol. The summed E-state index contributed by atoms with van der Waals surface area (Å²) in [5.41, 5.74) is 0.959. The van der Waals surface area contributed by atoms with Crippen LogP contribution in [0.2, 0.25) is 0 Å². The second kappa shape index (κ2) is 7.25. The van der Waals surface area contributed by atoms with Crippen molar-refractivity contribution in [3.63, 3.8) is 0 Å². The third-order valence-corrected chi connectivity index (χ3v) is 2.89. The van der Waals surface area contributed by atoms with Gasteiger partial charge in [0.05, 0.1) is 12.6 Å². The molecule has 1 amide bonds. The SMILES string of the molecule is CC[C@@H](CO)NC(=O)/C=C/c1ccc(Br)cc1. The molecule has 2 N–H and O–H groups in total. The number of halogens is 1. The Labute approximate surface area is 110 Å². The summed E-state index contributed by atoms with van der Waals surface area (Å²) in [4.78, 5) is 11.5. The minimum absolute atomic E-state index is 0.0334. The summed E-state index contributed by atoms with van der Waals surface area (Å²) in [5, 5.41) is 11.7. The van der Waals surface area contributed by atoms with E-state index in [1.807, 2.05) is 31.2 Å². The van der Waals surface area contributed by atoms with E-state index < -0.39 is 0 Å². The predicted octanol–water partition coefficient (Wildman–Crippen LogP) is 2.35. The number of hydrogen-bond acceptors (Lipinski definition) is 2. The molecule has 0 bridgehead atoms. The summed E-state index contributed by atoms with van der Waals surface area (Å²) in [5.74, 6) is -0.186. The lowest BCUT2D eigenvalue weighted by molar-refractivity contribution is -0.117. The van der Waals surface area contributed by atoms with Crippen LogP contribution in [0.5, 0.6) is 0 Å². The number of aliphatic hydroxyl groups is 1. The highest BCUT2D eigenvalue weighted by molar-refractivity contribution is 9.10. The molecule has 0 aromatic heterocycles. The molecule has 17 heavy (non-hydrogen) atoms. The Morgan fingerprint density at radius 3 is 2.65 bits per heavy atom. The lowest BCUT2D eigenvalue weighted by Crippen LogP contribution is -2.35. The van der Waals surface area contributed by atoms with Gasteiger partial charge in [-0.15, -0.1) is 0 Å². The number of nitrogens with one attached hydrogen (secondary N) is 1. The van der Waals surface area contributed by atoms with Gasteiger partial charge in [-0.1, -0.05) is 35.0 Å². The molecule has 3 nitrogen and oxygen atoms in total. The number of rotatable bonds is 5. The number of benzene rings is 1. The minimum Gasteiger partial charge on any atom is -0.394 e. The van der Waals surface area contributed by atoms with Crippen LogP contribution in [0.4, 0.5) is 0 Å². The summed E-state index contributed by atoms with van der Waals surface area (Å²) in [7, 11) is 0. The van der Waals surface area contributed by atoms with Crippen molar-refractivity contribution in [2.24, 2.45) is 0 Å². The van der Waals surface area contributed by atoms with Gasteiger partial charge in [0.15, 0.2) is 0 Å². The van der Waals surface area contributed by atoms with Crippen LogP contribution in [0.3, 0.4) is 0 Å². The van der Waals surface area contributed by atoms with Crippen molar-refractivity contribution in [3.05, 3.63) is 40.4 Å². The quantitative estimate of drug-likeness (QED) is 0.820. The molecule has 0 spiro atoms. The maximum Gasteiger partial charge on any atom is 0.244 e. The molecule has 0 radical (unpaired) electrons. The summed E-state index contributed by atoms with van der Waals surface area (Å²) < 4.78 is 1.01. The Hall–Kier alpha value is -1.13. The average molecular weight is 298 g/mol. The summed E-state index contributed by atoms with van der Waals surface area (Å²) >= 11 is 3.35. The fraction of sp³-hybridized carbons (Fsp3) is 0.308. The lowest BCUT2D eigenvalue weighted by atomic mass is 10.2. The molecule has 0 aliphatic carbocycles. The van der Waals surface area contributed by atoms with Gasteiger partial charge < -0.3 is 10.4 Å². The molecule has 0 unspecified atom stereocenters. The molecule has 0 aliphatic rings. The highest BCUT2D eigenvalue weighted by Crippen LogP contribution is 2.11. The smallest absolute Gasteiger partial charge is 0.244 e. The van der Waals surface area contributed by atoms with E-state index in [1.54, 1.807) is 6.08 Å². The molecule has 1 atom stereocenters. The van der Waals surface area contributed by atoms with Crippen LogP contribution in [0.15, 0.2) is 34.8 Å². The van der Waals surface area contributed by atoms with E-state index in [-0.39, 0.29) is 18.6 Å². The molecule has 0 saturated heterocycles. The third-order valence-electron chi connectivity index (χ3n) is 2.36. The highest BCUT2D eigenvalue weighted by Gasteiger charge is 2.05. The fourth-order valence-corrected chi connectivity index (χ4v) is 1.54. The van der Waals surface area contributed by atoms with Crippen molar-refractivity contribution >= 4 is 27.9 Å². The van der Waals surface area contributed by atoms with Gasteiger partial charge in [-0.3, -0.25) is 4.79 Å². The topological polar surface area (TPSA) is 49.3 Å². The van der Waals surface area contributed by atoms with Gasteiger partial charge in [0.2, 0.25) is 5.91 Å². The van der Waals surface area contributed by atoms with E-state index in [0.29, 0.717) is 6.42 Å². The second-order valence-electron chi connectivity index (χ2n) is 3.68. The maximum absolute atomic E-state index is 11.5. The van der Waals surface area contributed by atoms with Crippen molar-refractivity contribution < 1.29 is 9.90 Å². The van der Waals surface area contributed by atoms with E-state index in [4.69, 9.17) is 5.11 Å². The van der Waals surface area contributed by atoms with E-state index >= 15 is 0 Å². The summed E-state index contributed by atoms with van der Waals surface area (Å²) in [6, 6.07) is 7.49. The number of carbonyl (C=O) groups is 1. The standard InChI is InChI=1S/C13H16BrNO2/c1-2-12(9-16)15-13(17)8-5-10-3-6-11(14)7-4-10/h3-8,12,16H,2,9H2,1H3,(H,15,17)/b8-5+/t12-/m0/s1. The zero-order valence-electron chi connectivity index (χ0n) is 9.69. The van der Waals surface area contributed by atoms with Crippen LogP contribution in [0.25, 0.3) is 6.08 Å². The molecular weight excluding hydrogens is 282 g/mol. The fourth-order valence-electron chi connectivity index (χ4n) is 1.27. The molecular formula is C13H16BrNO2. The molecule has 1 aromatic carbocycles. The number of carbonyl (C=O) groups excluding carboxylic acids is 1. The van der Waals surface area contributed by atoms with Crippen LogP contribution in [-0.4, -0.2) is 23.7 Å². The van der Waals surface area contributed by atoms with E-state index in [2.05, 4.69) is 21.2 Å². The largest absolute Gasteiger partial charge is 0.394 e. The van der Waals surface area contributed by atoms with Crippen molar-refractivity contribution in [2.45, 2.75) is 19.4 Å². The molecule has 0 aliphatic heterocycles. The Kier molecular flexibility index (Phi) is 5.94. The highest BCUT2D eigenvalue weighted by atomic mass is 79.9. The first kappa shape index (κ1) is 13.9. The van der Waals surface area contributed by atoms with Crippen molar-refractivity contribution in [2.75, 3.05) is 6.61 Å². The van der Waals surface area contributed by atoms with Crippen LogP contribution in [0.1, 0.15) is 18.9 Å². The van der Waals surface area contributed by atoms with Gasteiger partial charge in [-0.05, 0) is 30.2 Å². The molecule has 1 rings (SSSR count). The van der Waals surface area contributed by atoms with E-state index in [9.17, 15) is 4.79 Å². The van der Waals surface area contributed by atoms with Gasteiger partial charge in [-0.2, -0.15) is 0 Å². The zero-order valence-corrected chi connectivity index (χ0v) is 11.3. The second-order valence-corrected chi connectivity index (χ2v) is 4.60. The van der Waals surface area contributed by atoms with Crippen molar-refractivity contribution in [1.29, 1.82) is 0 Å². The lowest BCUT2D eigenvalue weighted by Gasteiger charge is -2.11. The van der Waals surface area contributed by atoms with Crippen molar-refractivity contribution in [3.8, 4) is 0 Å². The Morgan fingerprint density at radius 1 is 1.47 bits per heavy atom. The minimum atomic E-state index is -0.186. The van der Waals surface area contributed by atoms with Gasteiger partial charge in [0.1, 0.15) is 0 Å². The molecule has 0 heterocycles. The number of aliphatic hydroxyl groups excluding tert-OH is 1. The van der Waals surface area contributed by atoms with Crippen LogP contribution < -0.4 is 5.32 Å². The zero-order chi connectivity index (χ0) is 12.7. The average Bonchev–Trinajstić information content (AvgIpc) is 2.35. The van der Waals surface area contributed by atoms with E-state index in [1.165, 1.54) is 6.08 Å². The van der Waals surface area contributed by atoms with Gasteiger partial charge in [-0.25, -0.2) is 0 Å². The molecule has 92 valence electrons. The third kappa shape index (κ3) is 5.15. The molecule has 4 heteroatoms. The van der Waals surface area contributed by atoms with E-state index in [0.717, 1.165) is 10.0 Å². The van der Waals surface area contributed by atoms with Gasteiger partial charge in [0.25, 0.3) is 0 Å². The number of hydrogen-bond donors (Lipinski definition) is 2. The predicted molar refractivity (Wildman–Crippen MR) is 72.5 cm³/mol.